The van der Waals surface area contributed by atoms with Crippen molar-refractivity contribution in [2.75, 3.05) is 11.5 Å². The van der Waals surface area contributed by atoms with Gasteiger partial charge < -0.3 is 11.5 Å². The molecule has 4 rings (SSSR count). The van der Waals surface area contributed by atoms with E-state index in [-0.39, 0.29) is 33.6 Å². The summed E-state index contributed by atoms with van der Waals surface area (Å²) in [6, 6.07) is 16.1. The van der Waals surface area contributed by atoms with E-state index in [9.17, 15) is 26.3 Å². The Morgan fingerprint density at radius 1 is 0.469 bits per heavy atom. The molecule has 0 aliphatic rings. The molecule has 0 aromatic heterocycles. The lowest BCUT2D eigenvalue weighted by Gasteiger charge is -2.18. The topological polar surface area (TPSA) is 52.0 Å². The average Bonchev–Trinajstić information content (AvgIpc) is 2.72. The third kappa shape index (κ3) is 3.84. The molecule has 0 fully saturated rings. The Bertz CT molecular complexity index is 1220. The normalized spacial score (nSPS) is 12.3. The Morgan fingerprint density at radius 3 is 1.19 bits per heavy atom. The lowest BCUT2D eigenvalue weighted by molar-refractivity contribution is -0.137. The fourth-order valence-electron chi connectivity index (χ4n) is 3.84. The minimum absolute atomic E-state index is 0.0429. The maximum atomic E-state index is 13.7. The SMILES string of the molecule is Nc1ccc(-c2cccc3c(-c4ccc(N)cc4C(F)(F)F)cccc23)c(C(F)(F)F)c1. The number of benzene rings is 4. The van der Waals surface area contributed by atoms with Crippen LogP contribution in [-0.2, 0) is 12.4 Å². The summed E-state index contributed by atoms with van der Waals surface area (Å²) < 4.78 is 82.1. The second-order valence-electron chi connectivity index (χ2n) is 7.31. The van der Waals surface area contributed by atoms with Crippen molar-refractivity contribution in [1.82, 2.24) is 0 Å². The zero-order valence-electron chi connectivity index (χ0n) is 16.4. The van der Waals surface area contributed by atoms with Gasteiger partial charge in [0.1, 0.15) is 0 Å². The van der Waals surface area contributed by atoms with Gasteiger partial charge in [-0.05, 0) is 57.3 Å². The summed E-state index contributed by atoms with van der Waals surface area (Å²) >= 11 is 0. The van der Waals surface area contributed by atoms with E-state index < -0.39 is 23.5 Å². The number of hydrogen-bond acceptors (Lipinski definition) is 2. The molecule has 8 heteroatoms. The molecule has 0 radical (unpaired) electrons. The molecule has 0 spiro atoms. The monoisotopic (exact) mass is 446 g/mol. The van der Waals surface area contributed by atoms with Crippen molar-refractivity contribution in [2.45, 2.75) is 12.4 Å². The molecule has 4 aromatic carbocycles. The number of nitrogens with two attached hydrogens (primary N) is 2. The highest BCUT2D eigenvalue weighted by atomic mass is 19.4. The van der Waals surface area contributed by atoms with Gasteiger partial charge in [-0.3, -0.25) is 0 Å². The van der Waals surface area contributed by atoms with Crippen LogP contribution in [0.5, 0.6) is 0 Å². The fourth-order valence-corrected chi connectivity index (χ4v) is 3.84. The van der Waals surface area contributed by atoms with Crippen LogP contribution in [0.25, 0.3) is 33.0 Å². The first-order valence-electron chi connectivity index (χ1n) is 9.43. The van der Waals surface area contributed by atoms with E-state index in [1.54, 1.807) is 12.1 Å². The number of anilines is 2. The Kier molecular flexibility index (Phi) is 5.03. The van der Waals surface area contributed by atoms with Gasteiger partial charge in [0.15, 0.2) is 0 Å². The number of rotatable bonds is 2. The molecule has 0 unspecified atom stereocenters. The van der Waals surface area contributed by atoms with Gasteiger partial charge in [0.2, 0.25) is 0 Å². The Labute approximate surface area is 179 Å². The quantitative estimate of drug-likeness (QED) is 0.249. The third-order valence-electron chi connectivity index (χ3n) is 5.20. The van der Waals surface area contributed by atoms with Crippen molar-refractivity contribution in [1.29, 1.82) is 0 Å². The first-order valence-corrected chi connectivity index (χ1v) is 9.43. The zero-order chi connectivity index (χ0) is 23.3. The highest BCUT2D eigenvalue weighted by Crippen LogP contribution is 2.44. The largest absolute Gasteiger partial charge is 0.417 e. The number of alkyl halides is 6. The molecule has 164 valence electrons. The first-order chi connectivity index (χ1) is 15.0. The van der Waals surface area contributed by atoms with E-state index >= 15 is 0 Å². The van der Waals surface area contributed by atoms with Crippen molar-refractivity contribution in [3.63, 3.8) is 0 Å². The molecule has 0 aliphatic heterocycles. The number of fused-ring (bicyclic) bond motifs is 1. The van der Waals surface area contributed by atoms with Crippen molar-refractivity contribution >= 4 is 22.1 Å². The van der Waals surface area contributed by atoms with Crippen LogP contribution in [0.4, 0.5) is 37.7 Å². The van der Waals surface area contributed by atoms with Gasteiger partial charge in [-0.2, -0.15) is 26.3 Å². The van der Waals surface area contributed by atoms with Crippen LogP contribution < -0.4 is 11.5 Å². The van der Waals surface area contributed by atoms with E-state index in [4.69, 9.17) is 11.5 Å². The van der Waals surface area contributed by atoms with Gasteiger partial charge >= 0.3 is 12.4 Å². The van der Waals surface area contributed by atoms with Crippen molar-refractivity contribution < 1.29 is 26.3 Å². The maximum absolute atomic E-state index is 13.7. The van der Waals surface area contributed by atoms with Crippen LogP contribution in [0.1, 0.15) is 11.1 Å². The lowest BCUT2D eigenvalue weighted by atomic mass is 9.89. The van der Waals surface area contributed by atoms with E-state index in [2.05, 4.69) is 0 Å². The van der Waals surface area contributed by atoms with E-state index in [1.165, 1.54) is 48.5 Å². The summed E-state index contributed by atoms with van der Waals surface area (Å²) in [4.78, 5) is 0. The third-order valence-corrected chi connectivity index (χ3v) is 5.20. The molecule has 0 aliphatic carbocycles. The zero-order valence-corrected chi connectivity index (χ0v) is 16.4. The Balaban J connectivity index is 2.03. The summed E-state index contributed by atoms with van der Waals surface area (Å²) in [5.74, 6) is 0. The number of halogens is 6. The average molecular weight is 446 g/mol. The first kappa shape index (κ1) is 21.5. The van der Waals surface area contributed by atoms with Crippen LogP contribution in [0.2, 0.25) is 0 Å². The molecular formula is C24H16F6N2. The predicted molar refractivity (Wildman–Crippen MR) is 114 cm³/mol. The van der Waals surface area contributed by atoms with E-state index in [0.717, 1.165) is 12.1 Å². The molecule has 4 N–H and O–H groups in total. The highest BCUT2D eigenvalue weighted by Gasteiger charge is 2.35. The molecule has 32 heavy (non-hydrogen) atoms. The van der Waals surface area contributed by atoms with Gasteiger partial charge in [-0.15, -0.1) is 0 Å². The van der Waals surface area contributed by atoms with Crippen molar-refractivity contribution in [3.05, 3.63) is 83.9 Å². The van der Waals surface area contributed by atoms with Crippen molar-refractivity contribution in [3.8, 4) is 22.3 Å². The van der Waals surface area contributed by atoms with Gasteiger partial charge in [0.25, 0.3) is 0 Å². The second-order valence-corrected chi connectivity index (χ2v) is 7.31. The summed E-state index contributed by atoms with van der Waals surface area (Å²) in [6.45, 7) is 0. The summed E-state index contributed by atoms with van der Waals surface area (Å²) in [5, 5.41) is 0.760. The molecule has 0 heterocycles. The molecule has 2 nitrogen and oxygen atoms in total. The summed E-state index contributed by atoms with van der Waals surface area (Å²) in [5.41, 5.74) is 9.47. The molecule has 4 aromatic rings. The van der Waals surface area contributed by atoms with E-state index in [0.29, 0.717) is 10.8 Å². The minimum atomic E-state index is -4.66. The maximum Gasteiger partial charge on any atom is 0.417 e. The van der Waals surface area contributed by atoms with Crippen LogP contribution in [-0.4, -0.2) is 0 Å². The minimum Gasteiger partial charge on any atom is -0.399 e. The van der Waals surface area contributed by atoms with Crippen LogP contribution in [0.3, 0.4) is 0 Å². The standard InChI is InChI=1S/C24H16F6N2/c25-23(26,27)21-11-13(31)7-9-19(21)17-5-1-3-15-16(17)4-2-6-18(15)20-10-8-14(32)12-22(20)24(28,29)30/h1-12H,31-32H2. The molecule has 0 amide bonds. The smallest absolute Gasteiger partial charge is 0.399 e. The van der Waals surface area contributed by atoms with Crippen molar-refractivity contribution in [2.24, 2.45) is 0 Å². The van der Waals surface area contributed by atoms with Crippen LogP contribution in [0.15, 0.2) is 72.8 Å². The summed E-state index contributed by atoms with van der Waals surface area (Å²) in [7, 11) is 0. The molecule has 0 bridgehead atoms. The predicted octanol–water partition coefficient (Wildman–Crippen LogP) is 7.38. The molecule has 0 saturated heterocycles. The Morgan fingerprint density at radius 2 is 0.844 bits per heavy atom. The Hall–Kier alpha value is -3.68. The highest BCUT2D eigenvalue weighted by molar-refractivity contribution is 6.05. The van der Waals surface area contributed by atoms with Gasteiger partial charge in [-0.25, -0.2) is 0 Å². The number of hydrogen-bond donors (Lipinski definition) is 2. The fraction of sp³-hybridized carbons (Fsp3) is 0.0833. The van der Waals surface area contributed by atoms with Gasteiger partial charge in [0, 0.05) is 11.4 Å². The van der Waals surface area contributed by atoms with E-state index in [1.807, 2.05) is 0 Å². The molecule has 0 saturated carbocycles. The second kappa shape index (κ2) is 7.47. The molecule has 0 atom stereocenters. The van der Waals surface area contributed by atoms with Gasteiger partial charge in [-0.1, -0.05) is 48.5 Å². The van der Waals surface area contributed by atoms with Crippen LogP contribution in [0, 0.1) is 0 Å². The number of nitrogen functional groups attached to an aromatic ring is 2. The lowest BCUT2D eigenvalue weighted by Crippen LogP contribution is -2.08. The summed E-state index contributed by atoms with van der Waals surface area (Å²) in [6.07, 6.45) is -9.32. The van der Waals surface area contributed by atoms with Gasteiger partial charge in [0.05, 0.1) is 11.1 Å². The van der Waals surface area contributed by atoms with Crippen LogP contribution >= 0.6 is 0 Å². The molecular weight excluding hydrogens is 430 g/mol.